The maximum absolute atomic E-state index is 9.23. The molecule has 0 amide bonds. The van der Waals surface area contributed by atoms with Gasteiger partial charge in [-0.3, -0.25) is 4.90 Å². The fourth-order valence-corrected chi connectivity index (χ4v) is 4.08. The zero-order valence-electron chi connectivity index (χ0n) is 11.6. The van der Waals surface area contributed by atoms with Crippen LogP contribution in [0.4, 0.5) is 0 Å². The number of likely N-dealkylation sites (tertiary alicyclic amines) is 1. The van der Waals surface area contributed by atoms with Crippen LogP contribution >= 0.6 is 0 Å². The van der Waals surface area contributed by atoms with Crippen molar-refractivity contribution in [3.63, 3.8) is 0 Å². The molecule has 1 saturated carbocycles. The van der Waals surface area contributed by atoms with Crippen LogP contribution in [-0.4, -0.2) is 34.7 Å². The van der Waals surface area contributed by atoms with E-state index in [0.29, 0.717) is 18.1 Å². The molecule has 100 valence electrons. The summed E-state index contributed by atoms with van der Waals surface area (Å²) in [4.78, 5) is 2.77. The van der Waals surface area contributed by atoms with Crippen LogP contribution in [0.1, 0.15) is 65.2 Å². The lowest BCUT2D eigenvalue weighted by atomic mass is 9.75. The van der Waals surface area contributed by atoms with Crippen molar-refractivity contribution in [3.05, 3.63) is 0 Å². The molecular formula is C15H29NO. The van der Waals surface area contributed by atoms with E-state index in [0.717, 1.165) is 12.5 Å². The molecule has 0 aromatic carbocycles. The van der Waals surface area contributed by atoms with Crippen LogP contribution in [0.25, 0.3) is 0 Å². The summed E-state index contributed by atoms with van der Waals surface area (Å²) in [6.07, 6.45) is 10.7. The average Bonchev–Trinajstić information content (AvgIpc) is 2.33. The normalized spacial score (nSPS) is 31.6. The van der Waals surface area contributed by atoms with E-state index in [4.69, 9.17) is 0 Å². The SMILES string of the molecule is CC1(C)C(CCO)CCCN1C1CCCCC1. The highest BCUT2D eigenvalue weighted by molar-refractivity contribution is 4.96. The Morgan fingerprint density at radius 1 is 1.06 bits per heavy atom. The molecule has 2 fully saturated rings. The molecule has 1 heterocycles. The Morgan fingerprint density at radius 2 is 1.76 bits per heavy atom. The highest BCUT2D eigenvalue weighted by Gasteiger charge is 2.41. The van der Waals surface area contributed by atoms with Gasteiger partial charge < -0.3 is 5.11 Å². The Morgan fingerprint density at radius 3 is 2.41 bits per heavy atom. The van der Waals surface area contributed by atoms with Gasteiger partial charge in [0.25, 0.3) is 0 Å². The zero-order valence-corrected chi connectivity index (χ0v) is 11.6. The van der Waals surface area contributed by atoms with Crippen LogP contribution < -0.4 is 0 Å². The van der Waals surface area contributed by atoms with Crippen molar-refractivity contribution in [1.29, 1.82) is 0 Å². The van der Waals surface area contributed by atoms with Gasteiger partial charge in [0.2, 0.25) is 0 Å². The lowest BCUT2D eigenvalue weighted by Gasteiger charge is -2.52. The molecule has 1 atom stereocenters. The molecule has 1 saturated heterocycles. The molecule has 0 aromatic heterocycles. The molecule has 1 aliphatic heterocycles. The fraction of sp³-hybridized carbons (Fsp3) is 1.00. The van der Waals surface area contributed by atoms with Gasteiger partial charge in [-0.2, -0.15) is 0 Å². The Labute approximate surface area is 106 Å². The molecule has 0 radical (unpaired) electrons. The van der Waals surface area contributed by atoms with Crippen molar-refractivity contribution in [3.8, 4) is 0 Å². The molecule has 2 rings (SSSR count). The molecule has 1 unspecified atom stereocenters. The fourth-order valence-electron chi connectivity index (χ4n) is 4.08. The summed E-state index contributed by atoms with van der Waals surface area (Å²) in [6.45, 7) is 6.44. The number of hydrogen-bond donors (Lipinski definition) is 1. The minimum absolute atomic E-state index is 0.295. The molecule has 1 aliphatic carbocycles. The smallest absolute Gasteiger partial charge is 0.0434 e. The highest BCUT2D eigenvalue weighted by atomic mass is 16.3. The largest absolute Gasteiger partial charge is 0.396 e. The quantitative estimate of drug-likeness (QED) is 0.817. The van der Waals surface area contributed by atoms with Gasteiger partial charge >= 0.3 is 0 Å². The van der Waals surface area contributed by atoms with Crippen molar-refractivity contribution >= 4 is 0 Å². The predicted molar refractivity (Wildman–Crippen MR) is 72.1 cm³/mol. The first kappa shape index (κ1) is 13.4. The van der Waals surface area contributed by atoms with Crippen LogP contribution in [0.15, 0.2) is 0 Å². The second-order valence-electron chi connectivity index (χ2n) is 6.49. The molecule has 0 aromatic rings. The van der Waals surface area contributed by atoms with Gasteiger partial charge in [-0.05, 0) is 58.4 Å². The summed E-state index contributed by atoms with van der Waals surface area (Å²) in [5.41, 5.74) is 0.295. The molecule has 2 heteroatoms. The summed E-state index contributed by atoms with van der Waals surface area (Å²) >= 11 is 0. The van der Waals surface area contributed by atoms with E-state index in [1.165, 1.54) is 51.5 Å². The molecular weight excluding hydrogens is 210 g/mol. The zero-order chi connectivity index (χ0) is 12.3. The summed E-state index contributed by atoms with van der Waals surface area (Å²) in [6, 6.07) is 0.820. The van der Waals surface area contributed by atoms with Crippen molar-refractivity contribution in [2.24, 2.45) is 5.92 Å². The highest BCUT2D eigenvalue weighted by Crippen LogP contribution is 2.39. The van der Waals surface area contributed by atoms with Crippen LogP contribution in [0.2, 0.25) is 0 Å². The number of aliphatic hydroxyl groups is 1. The van der Waals surface area contributed by atoms with E-state index in [-0.39, 0.29) is 0 Å². The standard InChI is InChI=1S/C15H29NO/c1-15(2)13(10-12-17)7-6-11-16(15)14-8-4-3-5-9-14/h13-14,17H,3-12H2,1-2H3. The van der Waals surface area contributed by atoms with Crippen LogP contribution in [0.5, 0.6) is 0 Å². The van der Waals surface area contributed by atoms with Gasteiger partial charge in [-0.15, -0.1) is 0 Å². The number of aliphatic hydroxyl groups excluding tert-OH is 1. The van der Waals surface area contributed by atoms with Crippen molar-refractivity contribution in [2.45, 2.75) is 76.8 Å². The van der Waals surface area contributed by atoms with Gasteiger partial charge in [0.05, 0.1) is 0 Å². The van der Waals surface area contributed by atoms with E-state index < -0.39 is 0 Å². The lowest BCUT2D eigenvalue weighted by Crippen LogP contribution is -2.57. The van der Waals surface area contributed by atoms with E-state index in [1.807, 2.05) is 0 Å². The van der Waals surface area contributed by atoms with Crippen LogP contribution in [0.3, 0.4) is 0 Å². The van der Waals surface area contributed by atoms with E-state index >= 15 is 0 Å². The number of nitrogens with zero attached hydrogens (tertiary/aromatic N) is 1. The van der Waals surface area contributed by atoms with Gasteiger partial charge in [0.1, 0.15) is 0 Å². The monoisotopic (exact) mass is 239 g/mol. The Balaban J connectivity index is 2.04. The summed E-state index contributed by atoms with van der Waals surface area (Å²) in [5, 5.41) is 9.23. The molecule has 0 spiro atoms. The molecule has 0 bridgehead atoms. The molecule has 1 N–H and O–H groups in total. The Bertz CT molecular complexity index is 231. The summed E-state index contributed by atoms with van der Waals surface area (Å²) < 4.78 is 0. The van der Waals surface area contributed by atoms with Crippen LogP contribution in [-0.2, 0) is 0 Å². The lowest BCUT2D eigenvalue weighted by molar-refractivity contribution is -0.0306. The maximum atomic E-state index is 9.23. The molecule has 2 nitrogen and oxygen atoms in total. The second kappa shape index (κ2) is 5.71. The third-order valence-electron chi connectivity index (χ3n) is 5.18. The summed E-state index contributed by atoms with van der Waals surface area (Å²) in [7, 11) is 0. The topological polar surface area (TPSA) is 23.5 Å². The minimum Gasteiger partial charge on any atom is -0.396 e. The first-order chi connectivity index (χ1) is 8.16. The Hall–Kier alpha value is -0.0800. The maximum Gasteiger partial charge on any atom is 0.0434 e. The Kier molecular flexibility index (Phi) is 4.48. The van der Waals surface area contributed by atoms with Crippen molar-refractivity contribution in [2.75, 3.05) is 13.2 Å². The third-order valence-corrected chi connectivity index (χ3v) is 5.18. The van der Waals surface area contributed by atoms with E-state index in [2.05, 4.69) is 18.7 Å². The molecule has 17 heavy (non-hydrogen) atoms. The number of hydrogen-bond acceptors (Lipinski definition) is 2. The van der Waals surface area contributed by atoms with Crippen LogP contribution in [0, 0.1) is 5.92 Å². The average molecular weight is 239 g/mol. The molecule has 2 aliphatic rings. The summed E-state index contributed by atoms with van der Waals surface area (Å²) in [5.74, 6) is 0.683. The predicted octanol–water partition coefficient (Wildman–Crippen LogP) is 3.19. The van der Waals surface area contributed by atoms with Gasteiger partial charge in [0, 0.05) is 18.2 Å². The minimum atomic E-state index is 0.295. The van der Waals surface area contributed by atoms with Crippen molar-refractivity contribution in [1.82, 2.24) is 4.90 Å². The van der Waals surface area contributed by atoms with Gasteiger partial charge in [-0.25, -0.2) is 0 Å². The van der Waals surface area contributed by atoms with E-state index in [1.54, 1.807) is 0 Å². The first-order valence-electron chi connectivity index (χ1n) is 7.54. The van der Waals surface area contributed by atoms with Gasteiger partial charge in [0.15, 0.2) is 0 Å². The van der Waals surface area contributed by atoms with E-state index in [9.17, 15) is 5.11 Å². The number of piperidine rings is 1. The van der Waals surface area contributed by atoms with Crippen molar-refractivity contribution < 1.29 is 5.11 Å². The third kappa shape index (κ3) is 2.85. The second-order valence-corrected chi connectivity index (χ2v) is 6.49. The van der Waals surface area contributed by atoms with Gasteiger partial charge in [-0.1, -0.05) is 19.3 Å². The first-order valence-corrected chi connectivity index (χ1v) is 7.54. The number of rotatable bonds is 3.